The quantitative estimate of drug-likeness (QED) is 0.259. The highest BCUT2D eigenvalue weighted by molar-refractivity contribution is 6.07. The van der Waals surface area contributed by atoms with Crippen molar-refractivity contribution >= 4 is 39.6 Å². The zero-order valence-corrected chi connectivity index (χ0v) is 23.3. The van der Waals surface area contributed by atoms with E-state index in [1.54, 1.807) is 33.8 Å². The molecule has 2 aromatic carbocycles. The Morgan fingerprint density at radius 3 is 2.42 bits per heavy atom. The first-order valence-corrected chi connectivity index (χ1v) is 13.6. The van der Waals surface area contributed by atoms with Crippen molar-refractivity contribution < 1.29 is 28.6 Å². The van der Waals surface area contributed by atoms with Crippen LogP contribution in [0.1, 0.15) is 40.5 Å². The molecule has 1 aliphatic carbocycles. The number of hydrogen-bond acceptors (Lipinski definition) is 7. The molecule has 210 valence electrons. The third-order valence-corrected chi connectivity index (χ3v) is 7.33. The molecule has 0 spiro atoms. The molecular formula is C31H35N3O6. The average Bonchev–Trinajstić information content (AvgIpc) is 3.47. The minimum Gasteiger partial charge on any atom is -0.472 e. The van der Waals surface area contributed by atoms with Crippen molar-refractivity contribution in [3.05, 3.63) is 61.2 Å². The van der Waals surface area contributed by atoms with Crippen molar-refractivity contribution in [2.45, 2.75) is 63.8 Å². The number of amides is 2. The number of nitrogens with one attached hydrogen (secondary N) is 1. The predicted molar refractivity (Wildman–Crippen MR) is 151 cm³/mol. The van der Waals surface area contributed by atoms with Crippen molar-refractivity contribution in [2.75, 3.05) is 13.2 Å². The second kappa shape index (κ2) is 10.4. The lowest BCUT2D eigenvalue weighted by Crippen LogP contribution is -2.53. The lowest BCUT2D eigenvalue weighted by atomic mass is 10.1. The van der Waals surface area contributed by atoms with Gasteiger partial charge in [0.2, 0.25) is 11.8 Å². The van der Waals surface area contributed by atoms with Crippen molar-refractivity contribution in [1.29, 1.82) is 0 Å². The molecular weight excluding hydrogens is 510 g/mol. The van der Waals surface area contributed by atoms with Crippen LogP contribution >= 0.6 is 0 Å². The van der Waals surface area contributed by atoms with E-state index in [9.17, 15) is 14.4 Å². The number of carbonyl (C=O) groups excluding carboxylic acids is 3. The number of pyridine rings is 1. The summed E-state index contributed by atoms with van der Waals surface area (Å²) in [6, 6.07) is 14.8. The normalized spacial score (nSPS) is 24.0. The molecule has 1 N–H and O–H groups in total. The van der Waals surface area contributed by atoms with E-state index >= 15 is 0 Å². The van der Waals surface area contributed by atoms with Crippen LogP contribution in [0.2, 0.25) is 0 Å². The first-order valence-electron chi connectivity index (χ1n) is 13.6. The van der Waals surface area contributed by atoms with Gasteiger partial charge in [0.1, 0.15) is 23.3 Å². The summed E-state index contributed by atoms with van der Waals surface area (Å²) in [4.78, 5) is 45.8. The number of fused-ring (bicyclic) bond motifs is 3. The van der Waals surface area contributed by atoms with Crippen LogP contribution in [-0.2, 0) is 19.1 Å². The molecule has 9 heteroatoms. The maximum atomic E-state index is 13.7. The fraction of sp³-hybridized carbons (Fsp3) is 0.419. The molecule has 40 heavy (non-hydrogen) atoms. The Balaban J connectivity index is 1.43. The van der Waals surface area contributed by atoms with Crippen LogP contribution in [0.4, 0.5) is 4.79 Å². The molecule has 2 unspecified atom stereocenters. The minimum atomic E-state index is -1.18. The summed E-state index contributed by atoms with van der Waals surface area (Å²) in [6.45, 7) is 11.1. The van der Waals surface area contributed by atoms with Gasteiger partial charge in [-0.15, -0.1) is 6.58 Å². The first kappa shape index (κ1) is 27.4. The average molecular weight is 546 g/mol. The van der Waals surface area contributed by atoms with E-state index in [4.69, 9.17) is 19.2 Å². The molecule has 0 bridgehead atoms. The molecule has 4 atom stereocenters. The lowest BCUT2D eigenvalue weighted by molar-refractivity contribution is -0.149. The van der Waals surface area contributed by atoms with Gasteiger partial charge in [-0.25, -0.2) is 14.6 Å². The molecule has 1 saturated heterocycles. The van der Waals surface area contributed by atoms with Crippen LogP contribution in [-0.4, -0.2) is 64.3 Å². The lowest BCUT2D eigenvalue weighted by Gasteiger charge is -2.28. The van der Waals surface area contributed by atoms with Crippen LogP contribution in [0, 0.1) is 5.92 Å². The van der Waals surface area contributed by atoms with Crippen molar-refractivity contribution in [2.24, 2.45) is 5.92 Å². The van der Waals surface area contributed by atoms with Crippen LogP contribution in [0.25, 0.3) is 21.7 Å². The van der Waals surface area contributed by atoms with E-state index in [-0.39, 0.29) is 25.5 Å². The van der Waals surface area contributed by atoms with Gasteiger partial charge in [0, 0.05) is 23.1 Å². The maximum Gasteiger partial charge on any atom is 0.411 e. The van der Waals surface area contributed by atoms with Crippen molar-refractivity contribution in [1.82, 2.24) is 15.2 Å². The van der Waals surface area contributed by atoms with Crippen molar-refractivity contribution in [3.63, 3.8) is 0 Å². The molecule has 2 fully saturated rings. The monoisotopic (exact) mass is 545 g/mol. The Morgan fingerprint density at radius 2 is 1.77 bits per heavy atom. The Morgan fingerprint density at radius 1 is 1.10 bits per heavy atom. The number of hydrogen-bond donors (Lipinski definition) is 1. The number of ether oxygens (including phenoxy) is 3. The zero-order chi connectivity index (χ0) is 28.7. The number of carbonyl (C=O) groups is 3. The van der Waals surface area contributed by atoms with Gasteiger partial charge in [0.25, 0.3) is 0 Å². The molecule has 1 saturated carbocycles. The number of likely N-dealkylation sites (tertiary alicyclic amines) is 1. The van der Waals surface area contributed by atoms with Gasteiger partial charge in [0.15, 0.2) is 0 Å². The van der Waals surface area contributed by atoms with Crippen LogP contribution < -0.4 is 10.1 Å². The summed E-state index contributed by atoms with van der Waals surface area (Å²) in [7, 11) is 0. The van der Waals surface area contributed by atoms with Gasteiger partial charge in [0.05, 0.1) is 18.7 Å². The highest BCUT2D eigenvalue weighted by Crippen LogP contribution is 2.46. The molecule has 1 aliphatic heterocycles. The summed E-state index contributed by atoms with van der Waals surface area (Å²) in [5, 5.41) is 5.72. The van der Waals surface area contributed by atoms with Gasteiger partial charge >= 0.3 is 12.1 Å². The number of benzene rings is 2. The number of para-hydroxylation sites is 1. The highest BCUT2D eigenvalue weighted by Gasteiger charge is 2.62. The smallest absolute Gasteiger partial charge is 0.411 e. The maximum absolute atomic E-state index is 13.7. The molecule has 5 rings (SSSR count). The Bertz CT molecular complexity index is 1480. The third kappa shape index (κ3) is 5.20. The second-order valence-corrected chi connectivity index (χ2v) is 11.3. The highest BCUT2D eigenvalue weighted by atomic mass is 16.6. The van der Waals surface area contributed by atoms with E-state index < -0.39 is 41.3 Å². The zero-order valence-electron chi connectivity index (χ0n) is 23.3. The summed E-state index contributed by atoms with van der Waals surface area (Å²) < 4.78 is 17.3. The van der Waals surface area contributed by atoms with Gasteiger partial charge in [-0.3, -0.25) is 9.69 Å². The summed E-state index contributed by atoms with van der Waals surface area (Å²) in [6.07, 6.45) is 1.07. The molecule has 3 aromatic rings. The number of aromatic nitrogens is 1. The van der Waals surface area contributed by atoms with Crippen LogP contribution in [0.3, 0.4) is 0 Å². The predicted octanol–water partition coefficient (Wildman–Crippen LogP) is 4.77. The largest absolute Gasteiger partial charge is 0.472 e. The van der Waals surface area contributed by atoms with Crippen LogP contribution in [0.15, 0.2) is 61.2 Å². The number of nitrogens with zero attached hydrogens (tertiary/aromatic N) is 2. The minimum absolute atomic E-state index is 0.118. The molecule has 2 heterocycles. The van der Waals surface area contributed by atoms with Gasteiger partial charge in [-0.05, 0) is 51.6 Å². The summed E-state index contributed by atoms with van der Waals surface area (Å²) >= 11 is 0. The molecule has 2 aliphatic rings. The standard InChI is InChI=1S/C31H35N3O6/c1-6-19-17-31(19,28(36)38-7-2)33-26(35)25-16-20(18-34(25)29(37)40-30(3,4)5)39-27-23-14-9-8-12-21(23)22-13-10-11-15-24(22)32-27/h6,8-15,19-20,25H,1,7,16-18H2,2-5H3,(H,33,35)/t19-,20?,25?,31-/m1/s1. The fourth-order valence-electron chi connectivity index (χ4n) is 5.34. The molecule has 1 aromatic heterocycles. The number of rotatable bonds is 7. The van der Waals surface area contributed by atoms with Gasteiger partial charge in [-0.1, -0.05) is 42.5 Å². The Hall–Kier alpha value is -4.14. The van der Waals surface area contributed by atoms with Gasteiger partial charge < -0.3 is 19.5 Å². The fourth-order valence-corrected chi connectivity index (χ4v) is 5.34. The SMILES string of the molecule is C=C[C@@H]1C[C@]1(NC(=O)C1CC(Oc2nc3ccccc3c3ccccc23)CN1C(=O)OC(C)(C)C)C(=O)OCC. The Labute approximate surface area is 233 Å². The van der Waals surface area contributed by atoms with E-state index in [0.29, 0.717) is 12.3 Å². The summed E-state index contributed by atoms with van der Waals surface area (Å²) in [5.74, 6) is -0.783. The second-order valence-electron chi connectivity index (χ2n) is 11.3. The third-order valence-electron chi connectivity index (χ3n) is 7.33. The van der Waals surface area contributed by atoms with E-state index in [0.717, 1.165) is 21.7 Å². The van der Waals surface area contributed by atoms with Crippen LogP contribution in [0.5, 0.6) is 5.88 Å². The molecule has 9 nitrogen and oxygen atoms in total. The van der Waals surface area contributed by atoms with Gasteiger partial charge in [-0.2, -0.15) is 0 Å². The van der Waals surface area contributed by atoms with E-state index in [1.165, 1.54) is 4.90 Å². The van der Waals surface area contributed by atoms with E-state index in [2.05, 4.69) is 11.9 Å². The van der Waals surface area contributed by atoms with E-state index in [1.807, 2.05) is 48.5 Å². The molecule has 0 radical (unpaired) electrons. The molecule has 2 amide bonds. The van der Waals surface area contributed by atoms with Crippen molar-refractivity contribution in [3.8, 4) is 5.88 Å². The Kier molecular flexibility index (Phi) is 7.16. The first-order chi connectivity index (χ1) is 19.1. The number of esters is 1. The topological polar surface area (TPSA) is 107 Å². The summed E-state index contributed by atoms with van der Waals surface area (Å²) in [5.41, 5.74) is -1.15.